The largest absolute Gasteiger partial charge is 0.497 e. The number of hydrogen-bond donors (Lipinski definition) is 1. The highest BCUT2D eigenvalue weighted by atomic mass is 32.2. The summed E-state index contributed by atoms with van der Waals surface area (Å²) >= 11 is 0.432. The fourth-order valence-corrected chi connectivity index (χ4v) is 2.39. The maximum Gasteiger partial charge on any atom is 0.288 e. The topological polar surface area (TPSA) is 47.6 Å². The van der Waals surface area contributed by atoms with Crippen molar-refractivity contribution < 1.29 is 23.0 Å². The van der Waals surface area contributed by atoms with Crippen LogP contribution in [0.1, 0.15) is 10.4 Å². The molecule has 0 fully saturated rings. The molecule has 2 rings (SSSR count). The van der Waals surface area contributed by atoms with Gasteiger partial charge in [-0.3, -0.25) is 4.79 Å². The van der Waals surface area contributed by atoms with Gasteiger partial charge in [0.25, 0.3) is 11.7 Å². The van der Waals surface area contributed by atoms with Gasteiger partial charge < -0.3 is 14.8 Å². The van der Waals surface area contributed by atoms with E-state index in [1.807, 2.05) is 0 Å². The maximum absolute atomic E-state index is 12.3. The Morgan fingerprint density at radius 3 is 2.35 bits per heavy atom. The average molecular weight is 339 g/mol. The highest BCUT2D eigenvalue weighted by molar-refractivity contribution is 7.99. The number of nitrogens with one attached hydrogen (secondary N) is 1. The number of alkyl halides is 2. The van der Waals surface area contributed by atoms with E-state index >= 15 is 0 Å². The van der Waals surface area contributed by atoms with Crippen molar-refractivity contribution in [3.05, 3.63) is 48.0 Å². The summed E-state index contributed by atoms with van der Waals surface area (Å²) in [6.45, 7) is 0. The summed E-state index contributed by atoms with van der Waals surface area (Å²) in [4.78, 5) is 12.7. The molecule has 4 nitrogen and oxygen atoms in total. The van der Waals surface area contributed by atoms with Crippen LogP contribution in [-0.2, 0) is 0 Å². The van der Waals surface area contributed by atoms with Gasteiger partial charge in [-0.15, -0.1) is 0 Å². The SMILES string of the molecule is COc1ccc(OC)c(NC(=O)c2ccc(SC(F)F)cc2)c1. The number of anilines is 1. The smallest absolute Gasteiger partial charge is 0.288 e. The van der Waals surface area contributed by atoms with Crippen molar-refractivity contribution in [2.24, 2.45) is 0 Å². The van der Waals surface area contributed by atoms with Crippen LogP contribution in [0.25, 0.3) is 0 Å². The van der Waals surface area contributed by atoms with Crippen LogP contribution in [-0.4, -0.2) is 25.9 Å². The van der Waals surface area contributed by atoms with Crippen LogP contribution < -0.4 is 14.8 Å². The second kappa shape index (κ2) is 7.82. The van der Waals surface area contributed by atoms with Crippen LogP contribution in [0.2, 0.25) is 0 Å². The fraction of sp³-hybridized carbons (Fsp3) is 0.188. The molecular weight excluding hydrogens is 324 g/mol. The first kappa shape index (κ1) is 17.1. The lowest BCUT2D eigenvalue weighted by atomic mass is 10.2. The lowest BCUT2D eigenvalue weighted by Crippen LogP contribution is -2.12. The van der Waals surface area contributed by atoms with E-state index in [9.17, 15) is 13.6 Å². The number of hydrogen-bond acceptors (Lipinski definition) is 4. The molecule has 0 bridgehead atoms. The number of methoxy groups -OCH3 is 2. The van der Waals surface area contributed by atoms with Crippen LogP contribution in [0, 0.1) is 0 Å². The Kier molecular flexibility index (Phi) is 5.81. The van der Waals surface area contributed by atoms with Crippen molar-refractivity contribution in [2.45, 2.75) is 10.7 Å². The Labute approximate surface area is 136 Å². The van der Waals surface area contributed by atoms with Gasteiger partial charge in [-0.2, -0.15) is 8.78 Å². The molecule has 0 saturated heterocycles. The molecule has 0 radical (unpaired) electrons. The van der Waals surface area contributed by atoms with Crippen LogP contribution in [0.15, 0.2) is 47.4 Å². The molecule has 0 saturated carbocycles. The number of thioether (sulfide) groups is 1. The second-order valence-electron chi connectivity index (χ2n) is 4.42. The van der Waals surface area contributed by atoms with Gasteiger partial charge in [0.2, 0.25) is 0 Å². The predicted octanol–water partition coefficient (Wildman–Crippen LogP) is 4.27. The van der Waals surface area contributed by atoms with Gasteiger partial charge in [0.15, 0.2) is 0 Å². The van der Waals surface area contributed by atoms with Crippen molar-refractivity contribution in [1.29, 1.82) is 0 Å². The molecule has 1 amide bonds. The monoisotopic (exact) mass is 339 g/mol. The highest BCUT2D eigenvalue weighted by Crippen LogP contribution is 2.30. The molecule has 1 N–H and O–H groups in total. The fourth-order valence-electron chi connectivity index (χ4n) is 1.89. The number of halogens is 2. The van der Waals surface area contributed by atoms with Crippen molar-refractivity contribution in [1.82, 2.24) is 0 Å². The lowest BCUT2D eigenvalue weighted by Gasteiger charge is -2.12. The first-order chi connectivity index (χ1) is 11.0. The van der Waals surface area contributed by atoms with E-state index < -0.39 is 5.76 Å². The minimum absolute atomic E-state index is 0.355. The molecule has 0 aliphatic heterocycles. The number of amides is 1. The summed E-state index contributed by atoms with van der Waals surface area (Å²) in [5, 5.41) is 2.71. The first-order valence-corrected chi connectivity index (χ1v) is 7.49. The van der Waals surface area contributed by atoms with Gasteiger partial charge in [-0.05, 0) is 36.4 Å². The van der Waals surface area contributed by atoms with E-state index in [0.29, 0.717) is 39.4 Å². The second-order valence-corrected chi connectivity index (χ2v) is 5.49. The molecule has 0 spiro atoms. The Balaban J connectivity index is 2.15. The third-order valence-electron chi connectivity index (χ3n) is 3.00. The Bertz CT molecular complexity index is 678. The van der Waals surface area contributed by atoms with Crippen molar-refractivity contribution >= 4 is 23.4 Å². The predicted molar refractivity (Wildman–Crippen MR) is 85.8 cm³/mol. The normalized spacial score (nSPS) is 10.5. The first-order valence-electron chi connectivity index (χ1n) is 6.61. The highest BCUT2D eigenvalue weighted by Gasteiger charge is 2.12. The zero-order valence-corrected chi connectivity index (χ0v) is 13.3. The number of rotatable bonds is 6. The standard InChI is InChI=1S/C16H15F2NO3S/c1-21-11-5-8-14(22-2)13(9-11)19-15(20)10-3-6-12(7-4-10)23-16(17)18/h3-9,16H,1-2H3,(H,19,20). The molecular formula is C16H15F2NO3S. The summed E-state index contributed by atoms with van der Waals surface area (Å²) in [5.74, 6) is -1.80. The molecule has 0 aliphatic rings. The lowest BCUT2D eigenvalue weighted by molar-refractivity contribution is 0.102. The van der Waals surface area contributed by atoms with Crippen LogP contribution in [0.5, 0.6) is 11.5 Å². The molecule has 23 heavy (non-hydrogen) atoms. The average Bonchev–Trinajstić information content (AvgIpc) is 2.54. The zero-order chi connectivity index (χ0) is 16.8. The molecule has 7 heteroatoms. The third kappa shape index (κ3) is 4.59. The maximum atomic E-state index is 12.3. The van der Waals surface area contributed by atoms with Crippen LogP contribution >= 0.6 is 11.8 Å². The summed E-state index contributed by atoms with van der Waals surface area (Å²) < 4.78 is 34.9. The van der Waals surface area contributed by atoms with E-state index in [4.69, 9.17) is 9.47 Å². The summed E-state index contributed by atoms with van der Waals surface area (Å²) in [6, 6.07) is 11.0. The number of carbonyl (C=O) groups excluding carboxylic acids is 1. The Hall–Kier alpha value is -2.28. The molecule has 0 heterocycles. The Morgan fingerprint density at radius 1 is 1.09 bits per heavy atom. The third-order valence-corrected chi connectivity index (χ3v) is 3.72. The molecule has 2 aromatic rings. The van der Waals surface area contributed by atoms with E-state index in [-0.39, 0.29) is 5.91 Å². The minimum atomic E-state index is -2.49. The van der Waals surface area contributed by atoms with Gasteiger partial charge in [-0.1, -0.05) is 11.8 Å². The summed E-state index contributed by atoms with van der Waals surface area (Å²) in [6.07, 6.45) is 0. The van der Waals surface area contributed by atoms with Gasteiger partial charge >= 0.3 is 0 Å². The molecule has 2 aromatic carbocycles. The molecule has 0 atom stereocenters. The molecule has 0 aromatic heterocycles. The van der Waals surface area contributed by atoms with Crippen LogP contribution in [0.3, 0.4) is 0 Å². The number of carbonyl (C=O) groups is 1. The Morgan fingerprint density at radius 2 is 1.78 bits per heavy atom. The van der Waals surface area contributed by atoms with Gasteiger partial charge in [0, 0.05) is 16.5 Å². The van der Waals surface area contributed by atoms with E-state index in [2.05, 4.69) is 5.32 Å². The van der Waals surface area contributed by atoms with Crippen LogP contribution in [0.4, 0.5) is 14.5 Å². The van der Waals surface area contributed by atoms with Crippen molar-refractivity contribution in [3.8, 4) is 11.5 Å². The number of ether oxygens (including phenoxy) is 2. The molecule has 0 aliphatic carbocycles. The zero-order valence-electron chi connectivity index (χ0n) is 12.5. The minimum Gasteiger partial charge on any atom is -0.497 e. The van der Waals surface area contributed by atoms with E-state index in [0.717, 1.165) is 0 Å². The van der Waals surface area contributed by atoms with Crippen molar-refractivity contribution in [2.75, 3.05) is 19.5 Å². The van der Waals surface area contributed by atoms with Crippen molar-refractivity contribution in [3.63, 3.8) is 0 Å². The van der Waals surface area contributed by atoms with E-state index in [1.165, 1.54) is 38.5 Å². The van der Waals surface area contributed by atoms with Gasteiger partial charge in [0.1, 0.15) is 11.5 Å². The summed E-state index contributed by atoms with van der Waals surface area (Å²) in [7, 11) is 3.01. The van der Waals surface area contributed by atoms with Gasteiger partial charge in [0.05, 0.1) is 19.9 Å². The number of benzene rings is 2. The molecule has 122 valence electrons. The quantitative estimate of drug-likeness (QED) is 0.799. The molecule has 0 unspecified atom stereocenters. The summed E-state index contributed by atoms with van der Waals surface area (Å²) in [5.41, 5.74) is 0.816. The van der Waals surface area contributed by atoms with Gasteiger partial charge in [-0.25, -0.2) is 0 Å². The van der Waals surface area contributed by atoms with E-state index in [1.54, 1.807) is 18.2 Å².